The number of likely N-dealkylation sites (N-methyl/N-ethyl adjacent to an activating group) is 1. The molecule has 1 amide bonds. The number of carbonyl (C=O) groups is 1. The topological polar surface area (TPSA) is 50.4 Å². The van der Waals surface area contributed by atoms with Crippen molar-refractivity contribution in [3.05, 3.63) is 0 Å². The first-order chi connectivity index (χ1) is 7.65. The molecule has 1 fully saturated rings. The zero-order chi connectivity index (χ0) is 12.0. The van der Waals surface area contributed by atoms with Gasteiger partial charge < -0.3 is 15.4 Å². The van der Waals surface area contributed by atoms with Gasteiger partial charge in [0, 0.05) is 25.6 Å². The lowest BCUT2D eigenvalue weighted by Crippen LogP contribution is -2.40. The molecule has 1 aliphatic carbocycles. The van der Waals surface area contributed by atoms with Crippen molar-refractivity contribution >= 4 is 5.91 Å². The van der Waals surface area contributed by atoms with Gasteiger partial charge in [0.2, 0.25) is 5.91 Å². The van der Waals surface area contributed by atoms with Crippen LogP contribution in [0.25, 0.3) is 0 Å². The monoisotopic (exact) mass is 228 g/mol. The fourth-order valence-corrected chi connectivity index (χ4v) is 1.92. The Kier molecular flexibility index (Phi) is 5.77. The number of hydrogen-bond donors (Lipinski definition) is 2. The van der Waals surface area contributed by atoms with Gasteiger partial charge >= 0.3 is 0 Å². The van der Waals surface area contributed by atoms with Crippen LogP contribution < -0.4 is 10.6 Å². The molecule has 0 bridgehead atoms. The summed E-state index contributed by atoms with van der Waals surface area (Å²) in [6.07, 6.45) is 3.14. The highest BCUT2D eigenvalue weighted by atomic mass is 16.5. The smallest absolute Gasteiger partial charge is 0.220 e. The first kappa shape index (κ1) is 13.5. The normalized spacial score (nSPS) is 25.9. The summed E-state index contributed by atoms with van der Waals surface area (Å²) in [4.78, 5) is 11.6. The SMILES string of the molecule is CCOC1CC(CC(=O)NCC(C)NC)C1. The highest BCUT2D eigenvalue weighted by molar-refractivity contribution is 5.76. The average Bonchev–Trinajstić information content (AvgIpc) is 2.23. The van der Waals surface area contributed by atoms with Crippen molar-refractivity contribution in [1.82, 2.24) is 10.6 Å². The molecule has 16 heavy (non-hydrogen) atoms. The number of nitrogens with one attached hydrogen (secondary N) is 2. The molecule has 1 rings (SSSR count). The fourth-order valence-electron chi connectivity index (χ4n) is 1.92. The van der Waals surface area contributed by atoms with Crippen LogP contribution in [0.3, 0.4) is 0 Å². The lowest BCUT2D eigenvalue weighted by Gasteiger charge is -2.34. The van der Waals surface area contributed by atoms with Gasteiger partial charge in [-0.05, 0) is 39.7 Å². The maximum absolute atomic E-state index is 11.6. The van der Waals surface area contributed by atoms with Gasteiger partial charge in [0.05, 0.1) is 6.10 Å². The van der Waals surface area contributed by atoms with Gasteiger partial charge in [-0.1, -0.05) is 0 Å². The Hall–Kier alpha value is -0.610. The average molecular weight is 228 g/mol. The van der Waals surface area contributed by atoms with Crippen molar-refractivity contribution in [1.29, 1.82) is 0 Å². The predicted molar refractivity (Wildman–Crippen MR) is 64.3 cm³/mol. The molecule has 0 aliphatic heterocycles. The van der Waals surface area contributed by atoms with E-state index in [2.05, 4.69) is 17.6 Å². The molecule has 0 aromatic rings. The summed E-state index contributed by atoms with van der Waals surface area (Å²) in [7, 11) is 1.90. The van der Waals surface area contributed by atoms with Gasteiger partial charge in [-0.2, -0.15) is 0 Å². The quantitative estimate of drug-likeness (QED) is 0.681. The molecule has 0 heterocycles. The molecule has 4 nitrogen and oxygen atoms in total. The Morgan fingerprint density at radius 2 is 2.19 bits per heavy atom. The van der Waals surface area contributed by atoms with Crippen LogP contribution in [0.15, 0.2) is 0 Å². The summed E-state index contributed by atoms with van der Waals surface area (Å²) in [5, 5.41) is 6.03. The molecule has 0 aromatic carbocycles. The maximum Gasteiger partial charge on any atom is 0.220 e. The summed E-state index contributed by atoms with van der Waals surface area (Å²) in [5.74, 6) is 0.698. The van der Waals surface area contributed by atoms with Gasteiger partial charge in [-0.3, -0.25) is 4.79 Å². The van der Waals surface area contributed by atoms with Crippen molar-refractivity contribution < 1.29 is 9.53 Å². The van der Waals surface area contributed by atoms with E-state index in [0.29, 0.717) is 31.0 Å². The van der Waals surface area contributed by atoms with E-state index < -0.39 is 0 Å². The Labute approximate surface area is 98.1 Å². The lowest BCUT2D eigenvalue weighted by molar-refractivity contribution is -0.124. The van der Waals surface area contributed by atoms with Crippen LogP contribution in [0.4, 0.5) is 0 Å². The fraction of sp³-hybridized carbons (Fsp3) is 0.917. The summed E-state index contributed by atoms with van der Waals surface area (Å²) >= 11 is 0. The molecule has 0 saturated heterocycles. The van der Waals surface area contributed by atoms with Crippen LogP contribution >= 0.6 is 0 Å². The second-order valence-electron chi connectivity index (χ2n) is 4.61. The van der Waals surface area contributed by atoms with E-state index in [4.69, 9.17) is 4.74 Å². The zero-order valence-corrected chi connectivity index (χ0v) is 10.6. The number of rotatable bonds is 7. The molecular weight excluding hydrogens is 204 g/mol. The van der Waals surface area contributed by atoms with Crippen molar-refractivity contribution in [2.24, 2.45) is 5.92 Å². The molecule has 2 N–H and O–H groups in total. The standard InChI is InChI=1S/C12H24N2O2/c1-4-16-11-5-10(6-11)7-12(15)14-8-9(2)13-3/h9-11,13H,4-8H2,1-3H3,(H,14,15). The third-order valence-corrected chi connectivity index (χ3v) is 3.17. The second kappa shape index (κ2) is 6.86. The van der Waals surface area contributed by atoms with Crippen molar-refractivity contribution in [3.63, 3.8) is 0 Å². The van der Waals surface area contributed by atoms with Crippen LogP contribution in [0.5, 0.6) is 0 Å². The molecule has 1 aliphatic rings. The highest BCUT2D eigenvalue weighted by Gasteiger charge is 2.30. The van der Waals surface area contributed by atoms with Crippen molar-refractivity contribution in [2.75, 3.05) is 20.2 Å². The number of carbonyl (C=O) groups excluding carboxylic acids is 1. The molecule has 1 saturated carbocycles. The van der Waals surface area contributed by atoms with Gasteiger partial charge in [0.15, 0.2) is 0 Å². The van der Waals surface area contributed by atoms with Crippen molar-refractivity contribution in [2.45, 2.75) is 45.3 Å². The minimum Gasteiger partial charge on any atom is -0.378 e. The molecule has 4 heteroatoms. The van der Waals surface area contributed by atoms with E-state index >= 15 is 0 Å². The van der Waals surface area contributed by atoms with E-state index in [1.54, 1.807) is 0 Å². The van der Waals surface area contributed by atoms with Crippen molar-refractivity contribution in [3.8, 4) is 0 Å². The maximum atomic E-state index is 11.6. The number of ether oxygens (including phenoxy) is 1. The highest BCUT2D eigenvalue weighted by Crippen LogP contribution is 2.32. The Balaban J connectivity index is 2.03. The molecule has 0 spiro atoms. The summed E-state index contributed by atoms with van der Waals surface area (Å²) < 4.78 is 5.46. The van der Waals surface area contributed by atoms with E-state index in [-0.39, 0.29) is 5.91 Å². The first-order valence-electron chi connectivity index (χ1n) is 6.21. The summed E-state index contributed by atoms with van der Waals surface area (Å²) in [5.41, 5.74) is 0. The molecule has 1 unspecified atom stereocenters. The van der Waals surface area contributed by atoms with Gasteiger partial charge in [0.1, 0.15) is 0 Å². The van der Waals surface area contributed by atoms with Gasteiger partial charge in [0.25, 0.3) is 0 Å². The van der Waals surface area contributed by atoms with E-state index in [1.807, 2.05) is 14.0 Å². The Bertz CT molecular complexity index is 215. The number of hydrogen-bond acceptors (Lipinski definition) is 3. The molecule has 94 valence electrons. The minimum absolute atomic E-state index is 0.169. The van der Waals surface area contributed by atoms with Gasteiger partial charge in [-0.15, -0.1) is 0 Å². The Morgan fingerprint density at radius 1 is 1.50 bits per heavy atom. The van der Waals surface area contributed by atoms with E-state index in [9.17, 15) is 4.79 Å². The second-order valence-corrected chi connectivity index (χ2v) is 4.61. The zero-order valence-electron chi connectivity index (χ0n) is 10.6. The number of amides is 1. The first-order valence-corrected chi connectivity index (χ1v) is 6.21. The third kappa shape index (κ3) is 4.49. The van der Waals surface area contributed by atoms with Gasteiger partial charge in [-0.25, -0.2) is 0 Å². The summed E-state index contributed by atoms with van der Waals surface area (Å²) in [6, 6.07) is 0.335. The van der Waals surface area contributed by atoms with E-state index in [0.717, 1.165) is 19.4 Å². The predicted octanol–water partition coefficient (Wildman–Crippen LogP) is 0.916. The van der Waals surface area contributed by atoms with Crippen LogP contribution in [0, 0.1) is 5.92 Å². The minimum atomic E-state index is 0.169. The van der Waals surface area contributed by atoms with Crippen LogP contribution in [-0.4, -0.2) is 38.3 Å². The molecule has 1 atom stereocenters. The molecule has 0 aromatic heterocycles. The molecule has 0 radical (unpaired) electrons. The lowest BCUT2D eigenvalue weighted by atomic mass is 9.80. The van der Waals surface area contributed by atoms with Crippen LogP contribution in [-0.2, 0) is 9.53 Å². The third-order valence-electron chi connectivity index (χ3n) is 3.17. The van der Waals surface area contributed by atoms with E-state index in [1.165, 1.54) is 0 Å². The van der Waals surface area contributed by atoms with Crippen LogP contribution in [0.2, 0.25) is 0 Å². The van der Waals surface area contributed by atoms with Crippen LogP contribution in [0.1, 0.15) is 33.1 Å². The Morgan fingerprint density at radius 3 is 2.75 bits per heavy atom. The molecular formula is C12H24N2O2. The summed E-state index contributed by atoms with van der Waals surface area (Å²) in [6.45, 7) is 5.55. The largest absolute Gasteiger partial charge is 0.378 e.